The summed E-state index contributed by atoms with van der Waals surface area (Å²) in [6.45, 7) is 2.40. The lowest BCUT2D eigenvalue weighted by Crippen LogP contribution is -2.45. The number of H-pyrrole nitrogens is 1. The van der Waals surface area contributed by atoms with Gasteiger partial charge in [-0.05, 0) is 30.7 Å². The Balaban J connectivity index is 1.25. The molecule has 0 bridgehead atoms. The average molecular weight is 415 g/mol. The van der Waals surface area contributed by atoms with Gasteiger partial charge in [0.15, 0.2) is 11.7 Å². The van der Waals surface area contributed by atoms with E-state index >= 15 is 0 Å². The average Bonchev–Trinajstić information content (AvgIpc) is 3.49. The van der Waals surface area contributed by atoms with Gasteiger partial charge in [-0.25, -0.2) is 9.97 Å². The number of nitrogens with one attached hydrogen (secondary N) is 3. The zero-order valence-electron chi connectivity index (χ0n) is 16.1. The van der Waals surface area contributed by atoms with E-state index in [1.165, 1.54) is 0 Å². The van der Waals surface area contributed by atoms with Crippen molar-refractivity contribution in [2.24, 2.45) is 4.99 Å². The van der Waals surface area contributed by atoms with Crippen LogP contribution in [0.3, 0.4) is 0 Å². The number of nitrogens with zero attached hydrogens (tertiary/aromatic N) is 5. The zero-order chi connectivity index (χ0) is 20.1. The Morgan fingerprint density at radius 3 is 3.14 bits per heavy atom. The number of rotatable bonds is 6. The third-order valence-corrected chi connectivity index (χ3v) is 5.01. The van der Waals surface area contributed by atoms with E-state index < -0.39 is 0 Å². The maximum absolute atomic E-state index is 6.27. The van der Waals surface area contributed by atoms with Crippen LogP contribution in [0.15, 0.2) is 46.1 Å². The Hall–Kier alpha value is -3.07. The molecule has 0 saturated carbocycles. The van der Waals surface area contributed by atoms with Crippen LogP contribution in [0.5, 0.6) is 0 Å². The smallest absolute Gasteiger partial charge is 0.216 e. The van der Waals surface area contributed by atoms with Gasteiger partial charge < -0.3 is 20.0 Å². The number of guanidine groups is 1. The summed E-state index contributed by atoms with van der Waals surface area (Å²) < 4.78 is 5.31. The molecule has 3 N–H and O–H groups in total. The molecule has 3 aromatic rings. The van der Waals surface area contributed by atoms with Crippen molar-refractivity contribution >= 4 is 23.4 Å². The maximum Gasteiger partial charge on any atom is 0.216 e. The highest BCUT2D eigenvalue weighted by molar-refractivity contribution is 6.32. The predicted octanol–water partition coefficient (Wildman–Crippen LogP) is 2.10. The third-order valence-electron chi connectivity index (χ3n) is 4.72. The van der Waals surface area contributed by atoms with Gasteiger partial charge in [-0.15, -0.1) is 0 Å². The number of pyridine rings is 1. The number of halogens is 1. The van der Waals surface area contributed by atoms with Gasteiger partial charge in [-0.2, -0.15) is 5.10 Å². The van der Waals surface area contributed by atoms with Gasteiger partial charge in [0.05, 0.1) is 11.3 Å². The van der Waals surface area contributed by atoms with Gasteiger partial charge in [0.1, 0.15) is 11.6 Å². The minimum atomic E-state index is 0.273. The molecule has 0 aliphatic carbocycles. The van der Waals surface area contributed by atoms with Gasteiger partial charge in [0, 0.05) is 45.3 Å². The van der Waals surface area contributed by atoms with Crippen molar-refractivity contribution in [1.82, 2.24) is 30.8 Å². The van der Waals surface area contributed by atoms with Crippen LogP contribution in [0, 0.1) is 0 Å². The molecule has 1 unspecified atom stereocenters. The highest BCUT2D eigenvalue weighted by atomic mass is 35.5. The number of aromatic amines is 1. The fraction of sp³-hybridized carbons (Fsp3) is 0.368. The summed E-state index contributed by atoms with van der Waals surface area (Å²) in [5.74, 6) is 3.59. The summed E-state index contributed by atoms with van der Waals surface area (Å²) in [6, 6.07) is 7.63. The standard InChI is InChI=1S/C19H23ClN8O/c1-21-19(23-9-6-16-25-17(27-26-16)15-5-3-11-29-15)24-13-7-10-28(12-13)18-14(20)4-2-8-22-18/h2-5,8,11,13H,6-7,9-10,12H2,1H3,(H2,21,23,24)(H,25,26,27). The Kier molecular flexibility index (Phi) is 5.95. The van der Waals surface area contributed by atoms with Crippen LogP contribution < -0.4 is 15.5 Å². The van der Waals surface area contributed by atoms with Crippen LogP contribution in [0.25, 0.3) is 11.6 Å². The Morgan fingerprint density at radius 1 is 1.41 bits per heavy atom. The molecule has 0 radical (unpaired) electrons. The number of anilines is 1. The molecule has 1 aliphatic heterocycles. The first kappa shape index (κ1) is 19.3. The van der Waals surface area contributed by atoms with Gasteiger partial charge in [-0.1, -0.05) is 11.6 Å². The van der Waals surface area contributed by atoms with Gasteiger partial charge >= 0.3 is 0 Å². The van der Waals surface area contributed by atoms with Crippen molar-refractivity contribution < 1.29 is 4.42 Å². The van der Waals surface area contributed by atoms with Crippen LogP contribution in [-0.4, -0.2) is 58.8 Å². The molecule has 0 aromatic carbocycles. The van der Waals surface area contributed by atoms with Crippen molar-refractivity contribution in [3.63, 3.8) is 0 Å². The molecular weight excluding hydrogens is 392 g/mol. The second-order valence-electron chi connectivity index (χ2n) is 6.72. The summed E-state index contributed by atoms with van der Waals surface area (Å²) in [5, 5.41) is 14.6. The quantitative estimate of drug-likeness (QED) is 0.418. The van der Waals surface area contributed by atoms with E-state index in [9.17, 15) is 0 Å². The number of hydrogen-bond donors (Lipinski definition) is 3. The molecule has 0 amide bonds. The minimum Gasteiger partial charge on any atom is -0.461 e. The van der Waals surface area contributed by atoms with Gasteiger partial charge in [-0.3, -0.25) is 10.1 Å². The Bertz CT molecular complexity index is 955. The number of aliphatic imine (C=N–C) groups is 1. The maximum atomic E-state index is 6.27. The largest absolute Gasteiger partial charge is 0.461 e. The van der Waals surface area contributed by atoms with E-state index in [1.807, 2.05) is 24.3 Å². The molecule has 1 aliphatic rings. The number of hydrogen-bond acceptors (Lipinski definition) is 6. The fourth-order valence-corrected chi connectivity index (χ4v) is 3.53. The second kappa shape index (κ2) is 8.95. The molecule has 1 saturated heterocycles. The molecule has 3 aromatic heterocycles. The predicted molar refractivity (Wildman–Crippen MR) is 112 cm³/mol. The highest BCUT2D eigenvalue weighted by Crippen LogP contribution is 2.25. The fourth-order valence-electron chi connectivity index (χ4n) is 3.29. The van der Waals surface area contributed by atoms with Crippen LogP contribution in [0.1, 0.15) is 12.2 Å². The van der Waals surface area contributed by atoms with Crippen LogP contribution in [0.4, 0.5) is 5.82 Å². The van der Waals surface area contributed by atoms with E-state index in [2.05, 4.69) is 40.7 Å². The molecule has 29 heavy (non-hydrogen) atoms. The molecule has 0 spiro atoms. The molecule has 152 valence electrons. The van der Waals surface area contributed by atoms with Crippen molar-refractivity contribution in [2.45, 2.75) is 18.9 Å². The lowest BCUT2D eigenvalue weighted by molar-refractivity contribution is 0.577. The van der Waals surface area contributed by atoms with E-state index in [0.29, 0.717) is 29.6 Å². The van der Waals surface area contributed by atoms with Crippen LogP contribution in [0.2, 0.25) is 5.02 Å². The second-order valence-corrected chi connectivity index (χ2v) is 7.12. The highest BCUT2D eigenvalue weighted by Gasteiger charge is 2.25. The molecule has 4 heterocycles. The molecule has 1 fully saturated rings. The number of furan rings is 1. The van der Waals surface area contributed by atoms with Crippen LogP contribution in [-0.2, 0) is 6.42 Å². The summed E-state index contributed by atoms with van der Waals surface area (Å²) in [4.78, 5) is 15.3. The van der Waals surface area contributed by atoms with Gasteiger partial charge in [0.25, 0.3) is 0 Å². The molecule has 4 rings (SSSR count). The first-order valence-corrected chi connectivity index (χ1v) is 9.88. The Labute approximate surface area is 173 Å². The topological polar surface area (TPSA) is 107 Å². The van der Waals surface area contributed by atoms with Crippen molar-refractivity contribution in [1.29, 1.82) is 0 Å². The van der Waals surface area contributed by atoms with E-state index in [-0.39, 0.29) is 6.04 Å². The molecular formula is C19H23ClN8O. The SMILES string of the molecule is CN=C(NCCc1nc(-c2ccco2)n[nH]1)NC1CCN(c2ncccc2Cl)C1. The normalized spacial score (nSPS) is 17.0. The minimum absolute atomic E-state index is 0.273. The first-order valence-electron chi connectivity index (χ1n) is 9.50. The van der Waals surface area contributed by atoms with Crippen molar-refractivity contribution in [3.8, 4) is 11.6 Å². The summed E-state index contributed by atoms with van der Waals surface area (Å²) in [5.41, 5.74) is 0. The van der Waals surface area contributed by atoms with Crippen molar-refractivity contribution in [3.05, 3.63) is 47.6 Å². The van der Waals surface area contributed by atoms with Crippen molar-refractivity contribution in [2.75, 3.05) is 31.6 Å². The monoisotopic (exact) mass is 414 g/mol. The lowest BCUT2D eigenvalue weighted by Gasteiger charge is -2.20. The zero-order valence-corrected chi connectivity index (χ0v) is 16.9. The molecule has 9 nitrogen and oxygen atoms in total. The van der Waals surface area contributed by atoms with E-state index in [4.69, 9.17) is 16.0 Å². The third kappa shape index (κ3) is 4.68. The van der Waals surface area contributed by atoms with E-state index in [1.54, 1.807) is 19.5 Å². The summed E-state index contributed by atoms with van der Waals surface area (Å²) in [7, 11) is 1.77. The van der Waals surface area contributed by atoms with Crippen LogP contribution >= 0.6 is 11.6 Å². The lowest BCUT2D eigenvalue weighted by atomic mass is 10.3. The van der Waals surface area contributed by atoms with E-state index in [0.717, 1.165) is 37.1 Å². The molecule has 1 atom stereocenters. The first-order chi connectivity index (χ1) is 14.2. The number of aromatic nitrogens is 4. The summed E-state index contributed by atoms with van der Waals surface area (Å²) in [6.07, 6.45) is 5.05. The van der Waals surface area contributed by atoms with Gasteiger partial charge in [0.2, 0.25) is 5.82 Å². The summed E-state index contributed by atoms with van der Waals surface area (Å²) >= 11 is 6.27. The Morgan fingerprint density at radius 2 is 2.34 bits per heavy atom. The molecule has 10 heteroatoms.